The fourth-order valence-electron chi connectivity index (χ4n) is 4.79. The maximum Gasteiger partial charge on any atom is 0.254 e. The summed E-state index contributed by atoms with van der Waals surface area (Å²) in [4.78, 5) is 29.9. The summed E-state index contributed by atoms with van der Waals surface area (Å²) >= 11 is 0. The first-order valence-electron chi connectivity index (χ1n) is 12.6. The van der Waals surface area contributed by atoms with Gasteiger partial charge < -0.3 is 10.2 Å². The fraction of sp³-hybridized carbons (Fsp3) is 0.233. The van der Waals surface area contributed by atoms with Crippen molar-refractivity contribution in [2.45, 2.75) is 13.8 Å². The van der Waals surface area contributed by atoms with Crippen LogP contribution in [0.2, 0.25) is 0 Å². The van der Waals surface area contributed by atoms with Gasteiger partial charge in [-0.2, -0.15) is 5.10 Å². The minimum atomic E-state index is -0.0293. The third-order valence-corrected chi connectivity index (χ3v) is 6.82. The Bertz CT molecular complexity index is 1380. The molecule has 0 spiro atoms. The lowest BCUT2D eigenvalue weighted by Crippen LogP contribution is -2.50. The zero-order valence-electron chi connectivity index (χ0n) is 21.2. The lowest BCUT2D eigenvalue weighted by atomic mass is 10.1. The van der Waals surface area contributed by atoms with Crippen LogP contribution in [0, 0.1) is 13.8 Å². The summed E-state index contributed by atoms with van der Waals surface area (Å²) in [6.07, 6.45) is 1.77. The summed E-state index contributed by atoms with van der Waals surface area (Å²) in [6.45, 7) is 6.78. The topological polar surface area (TPSA) is 70.5 Å². The fourth-order valence-corrected chi connectivity index (χ4v) is 4.79. The van der Waals surface area contributed by atoms with E-state index in [0.29, 0.717) is 38.3 Å². The molecular weight excluding hydrogens is 462 g/mol. The number of piperazine rings is 1. The number of nitrogens with one attached hydrogen (secondary N) is 1. The van der Waals surface area contributed by atoms with Gasteiger partial charge in [0.15, 0.2) is 0 Å². The number of nitrogens with zero attached hydrogens (tertiary/aromatic N) is 4. The lowest BCUT2D eigenvalue weighted by molar-refractivity contribution is -0.117. The highest BCUT2D eigenvalue weighted by atomic mass is 16.2. The van der Waals surface area contributed by atoms with Crippen LogP contribution < -0.4 is 5.32 Å². The van der Waals surface area contributed by atoms with Crippen LogP contribution in [-0.2, 0) is 4.79 Å². The van der Waals surface area contributed by atoms with Gasteiger partial charge >= 0.3 is 0 Å². The van der Waals surface area contributed by atoms with E-state index in [0.717, 1.165) is 33.8 Å². The van der Waals surface area contributed by atoms with Crippen LogP contribution in [0.3, 0.4) is 0 Å². The third kappa shape index (κ3) is 5.47. The van der Waals surface area contributed by atoms with E-state index in [1.54, 1.807) is 6.20 Å². The van der Waals surface area contributed by atoms with Gasteiger partial charge in [-0.1, -0.05) is 54.6 Å². The van der Waals surface area contributed by atoms with Crippen molar-refractivity contribution in [3.05, 3.63) is 102 Å². The van der Waals surface area contributed by atoms with E-state index in [2.05, 4.69) is 15.3 Å². The zero-order chi connectivity index (χ0) is 25.8. The molecule has 0 unspecified atom stereocenters. The molecule has 0 bridgehead atoms. The number of carbonyl (C=O) groups is 2. The largest absolute Gasteiger partial charge is 0.336 e. The number of aromatic nitrogens is 2. The number of carbonyl (C=O) groups excluding carboxylic acids is 2. The number of amides is 2. The lowest BCUT2D eigenvalue weighted by Gasteiger charge is -2.34. The zero-order valence-corrected chi connectivity index (χ0v) is 21.2. The molecule has 1 aliphatic heterocycles. The van der Waals surface area contributed by atoms with Crippen LogP contribution in [0.25, 0.3) is 16.9 Å². The highest BCUT2D eigenvalue weighted by molar-refractivity contribution is 5.95. The van der Waals surface area contributed by atoms with Gasteiger partial charge in [-0.25, -0.2) is 4.68 Å². The Balaban J connectivity index is 1.21. The number of rotatable bonds is 6. The van der Waals surface area contributed by atoms with Crippen molar-refractivity contribution in [2.24, 2.45) is 0 Å². The predicted molar refractivity (Wildman–Crippen MR) is 146 cm³/mol. The van der Waals surface area contributed by atoms with E-state index in [-0.39, 0.29) is 11.8 Å². The monoisotopic (exact) mass is 493 g/mol. The number of hydrogen-bond acceptors (Lipinski definition) is 4. The smallest absolute Gasteiger partial charge is 0.254 e. The van der Waals surface area contributed by atoms with Crippen molar-refractivity contribution in [3.8, 4) is 16.9 Å². The minimum absolute atomic E-state index is 0.00472. The molecular formula is C30H31N5O2. The molecule has 188 valence electrons. The second-order valence-corrected chi connectivity index (χ2v) is 9.43. The Morgan fingerprint density at radius 1 is 0.838 bits per heavy atom. The molecule has 3 aromatic carbocycles. The number of anilines is 1. The first kappa shape index (κ1) is 24.5. The summed E-state index contributed by atoms with van der Waals surface area (Å²) in [5.41, 5.74) is 6.50. The second-order valence-electron chi connectivity index (χ2n) is 9.43. The summed E-state index contributed by atoms with van der Waals surface area (Å²) in [5.74, 6) is -0.0341. The Morgan fingerprint density at radius 3 is 2.27 bits per heavy atom. The number of aryl methyl sites for hydroxylation is 2. The van der Waals surface area contributed by atoms with E-state index in [9.17, 15) is 9.59 Å². The molecule has 0 atom stereocenters. The highest BCUT2D eigenvalue weighted by Gasteiger charge is 2.24. The van der Waals surface area contributed by atoms with Crippen molar-refractivity contribution in [3.63, 3.8) is 0 Å². The quantitative estimate of drug-likeness (QED) is 0.428. The van der Waals surface area contributed by atoms with Gasteiger partial charge in [0.05, 0.1) is 24.1 Å². The van der Waals surface area contributed by atoms with Crippen molar-refractivity contribution in [1.29, 1.82) is 0 Å². The molecule has 1 fully saturated rings. The summed E-state index contributed by atoms with van der Waals surface area (Å²) < 4.78 is 1.86. The van der Waals surface area contributed by atoms with Gasteiger partial charge in [0, 0.05) is 43.0 Å². The molecule has 2 heterocycles. The Morgan fingerprint density at radius 2 is 1.54 bits per heavy atom. The number of hydrogen-bond donors (Lipinski definition) is 1. The van der Waals surface area contributed by atoms with Crippen LogP contribution in [0.5, 0.6) is 0 Å². The normalized spacial score (nSPS) is 13.9. The molecule has 7 nitrogen and oxygen atoms in total. The van der Waals surface area contributed by atoms with Crippen molar-refractivity contribution >= 4 is 17.5 Å². The standard InChI is InChI=1S/C30H31N5O2/c1-22-8-6-9-23(2)29(22)32-28(36)21-33-16-18-34(19-17-33)30(37)25-12-7-13-26(20-25)35-27(14-15-31-35)24-10-4-3-5-11-24/h3-15,20H,16-19,21H2,1-2H3,(H,32,36). The van der Waals surface area contributed by atoms with Crippen LogP contribution in [0.15, 0.2) is 85.1 Å². The van der Waals surface area contributed by atoms with Gasteiger partial charge in [-0.15, -0.1) is 0 Å². The maximum absolute atomic E-state index is 13.3. The number of para-hydroxylation sites is 1. The molecule has 1 aromatic heterocycles. The van der Waals surface area contributed by atoms with E-state index < -0.39 is 0 Å². The van der Waals surface area contributed by atoms with Gasteiger partial charge in [0.2, 0.25) is 5.91 Å². The van der Waals surface area contributed by atoms with Gasteiger partial charge in [0.25, 0.3) is 5.91 Å². The van der Waals surface area contributed by atoms with Gasteiger partial charge in [0.1, 0.15) is 0 Å². The molecule has 0 aliphatic carbocycles. The van der Waals surface area contributed by atoms with Gasteiger partial charge in [-0.05, 0) is 49.2 Å². The molecule has 1 aliphatic rings. The average molecular weight is 494 g/mol. The Hall–Kier alpha value is -4.23. The summed E-state index contributed by atoms with van der Waals surface area (Å²) in [5, 5.41) is 7.55. The summed E-state index contributed by atoms with van der Waals surface area (Å²) in [7, 11) is 0. The molecule has 1 N–H and O–H groups in total. The first-order chi connectivity index (χ1) is 18.0. The molecule has 0 saturated carbocycles. The van der Waals surface area contributed by atoms with E-state index in [1.807, 2.05) is 102 Å². The Kier molecular flexibility index (Phi) is 7.14. The molecule has 7 heteroatoms. The SMILES string of the molecule is Cc1cccc(C)c1NC(=O)CN1CCN(C(=O)c2cccc(-n3nccc3-c3ccccc3)c2)CC1. The predicted octanol–water partition coefficient (Wildman–Crippen LogP) is 4.55. The molecule has 5 rings (SSSR count). The average Bonchev–Trinajstić information content (AvgIpc) is 3.42. The molecule has 4 aromatic rings. The third-order valence-electron chi connectivity index (χ3n) is 6.82. The number of benzene rings is 3. The maximum atomic E-state index is 13.3. The first-order valence-corrected chi connectivity index (χ1v) is 12.6. The molecule has 37 heavy (non-hydrogen) atoms. The van der Waals surface area contributed by atoms with Crippen molar-refractivity contribution < 1.29 is 9.59 Å². The van der Waals surface area contributed by atoms with E-state index in [1.165, 1.54) is 0 Å². The second kappa shape index (κ2) is 10.8. The molecule has 0 radical (unpaired) electrons. The van der Waals surface area contributed by atoms with Crippen molar-refractivity contribution in [1.82, 2.24) is 19.6 Å². The van der Waals surface area contributed by atoms with Gasteiger partial charge in [-0.3, -0.25) is 14.5 Å². The molecule has 2 amide bonds. The summed E-state index contributed by atoms with van der Waals surface area (Å²) in [6, 6.07) is 25.6. The van der Waals surface area contributed by atoms with E-state index in [4.69, 9.17) is 0 Å². The van der Waals surface area contributed by atoms with E-state index >= 15 is 0 Å². The minimum Gasteiger partial charge on any atom is -0.336 e. The van der Waals surface area contributed by atoms with Crippen LogP contribution in [0.4, 0.5) is 5.69 Å². The van der Waals surface area contributed by atoms with Crippen molar-refractivity contribution in [2.75, 3.05) is 38.0 Å². The highest BCUT2D eigenvalue weighted by Crippen LogP contribution is 2.23. The molecule has 1 saturated heterocycles. The van der Waals surface area contributed by atoms with Crippen LogP contribution in [-0.4, -0.2) is 64.1 Å². The van der Waals surface area contributed by atoms with Crippen LogP contribution >= 0.6 is 0 Å². The van der Waals surface area contributed by atoms with Crippen LogP contribution in [0.1, 0.15) is 21.5 Å². The Labute approximate surface area is 217 Å².